The van der Waals surface area contributed by atoms with Gasteiger partial charge in [0.25, 0.3) is 10.0 Å². The molecular formula is C24H31N3O4S. The number of hydrogen-bond acceptors (Lipinski definition) is 6. The molecule has 0 unspecified atom stereocenters. The third-order valence-electron chi connectivity index (χ3n) is 6.29. The Morgan fingerprint density at radius 1 is 1.03 bits per heavy atom. The van der Waals surface area contributed by atoms with Crippen LogP contribution in [0, 0.1) is 5.92 Å². The lowest BCUT2D eigenvalue weighted by atomic mass is 9.98. The molecule has 4 rings (SSSR count). The van der Waals surface area contributed by atoms with Crippen LogP contribution < -0.4 is 9.21 Å². The van der Waals surface area contributed by atoms with Gasteiger partial charge < -0.3 is 14.5 Å². The van der Waals surface area contributed by atoms with Crippen molar-refractivity contribution in [3.8, 4) is 0 Å². The molecule has 7 nitrogen and oxygen atoms in total. The van der Waals surface area contributed by atoms with E-state index in [1.54, 1.807) is 19.2 Å². The summed E-state index contributed by atoms with van der Waals surface area (Å²) < 4.78 is 33.1. The zero-order valence-corrected chi connectivity index (χ0v) is 19.6. The van der Waals surface area contributed by atoms with E-state index in [1.807, 2.05) is 43.3 Å². The fraction of sp³-hybridized carbons (Fsp3) is 0.458. The normalized spacial score (nSPS) is 20.2. The molecule has 1 fully saturated rings. The van der Waals surface area contributed by atoms with E-state index in [9.17, 15) is 13.2 Å². The minimum Gasteiger partial charge on any atom is -0.466 e. The van der Waals surface area contributed by atoms with Gasteiger partial charge in [-0.1, -0.05) is 24.3 Å². The highest BCUT2D eigenvalue weighted by Crippen LogP contribution is 2.43. The van der Waals surface area contributed by atoms with Crippen molar-refractivity contribution in [3.63, 3.8) is 0 Å². The second-order valence-electron chi connectivity index (χ2n) is 8.33. The molecular weight excluding hydrogens is 426 g/mol. The zero-order valence-electron chi connectivity index (χ0n) is 18.7. The van der Waals surface area contributed by atoms with Gasteiger partial charge in [-0.15, -0.1) is 0 Å². The quantitative estimate of drug-likeness (QED) is 0.617. The van der Waals surface area contributed by atoms with Crippen LogP contribution in [0.2, 0.25) is 0 Å². The Morgan fingerprint density at radius 3 is 2.47 bits per heavy atom. The summed E-state index contributed by atoms with van der Waals surface area (Å²) in [5.41, 5.74) is 2.25. The molecule has 0 aliphatic carbocycles. The number of carbonyl (C=O) groups is 1. The van der Waals surface area contributed by atoms with E-state index >= 15 is 0 Å². The maximum Gasteiger partial charge on any atom is 0.310 e. The highest BCUT2D eigenvalue weighted by Gasteiger charge is 2.33. The number of sulfonamides is 1. The second kappa shape index (κ2) is 9.50. The molecule has 172 valence electrons. The van der Waals surface area contributed by atoms with Crippen LogP contribution in [0.4, 0.5) is 17.1 Å². The van der Waals surface area contributed by atoms with Crippen LogP contribution in [0.25, 0.3) is 0 Å². The highest BCUT2D eigenvalue weighted by atomic mass is 32.2. The molecule has 0 N–H and O–H groups in total. The topological polar surface area (TPSA) is 70.2 Å². The Kier molecular flexibility index (Phi) is 6.71. The summed E-state index contributed by atoms with van der Waals surface area (Å²) in [6.07, 6.45) is 2.72. The lowest BCUT2D eigenvalue weighted by Crippen LogP contribution is -2.40. The molecule has 2 aromatic rings. The SMILES string of the molecule is CCOC(=O)[C@@H]1CCCN(CCCN2c3ccccc3N(C)S(=O)(=O)c3ccccc32)C1. The monoisotopic (exact) mass is 457 g/mol. The predicted molar refractivity (Wildman–Crippen MR) is 126 cm³/mol. The van der Waals surface area contributed by atoms with Crippen LogP contribution in [-0.2, 0) is 19.6 Å². The molecule has 2 aromatic carbocycles. The van der Waals surface area contributed by atoms with Gasteiger partial charge in [-0.05, 0) is 63.5 Å². The standard InChI is InChI=1S/C24H31N3O4S/c1-3-31-24(28)19-10-8-15-26(18-19)16-9-17-27-21-12-5-4-11-20(21)25(2)32(29,30)23-14-7-6-13-22(23)27/h4-7,11-14,19H,3,8-10,15-18H2,1-2H3/t19-/m1/s1. The molecule has 0 radical (unpaired) electrons. The molecule has 1 atom stereocenters. The molecule has 2 aliphatic rings. The van der Waals surface area contributed by atoms with E-state index in [2.05, 4.69) is 9.80 Å². The van der Waals surface area contributed by atoms with Crippen molar-refractivity contribution < 1.29 is 17.9 Å². The summed E-state index contributed by atoms with van der Waals surface area (Å²) in [6, 6.07) is 14.8. The van der Waals surface area contributed by atoms with Crippen LogP contribution in [0.1, 0.15) is 26.2 Å². The number of hydrogen-bond donors (Lipinski definition) is 0. The number of benzene rings is 2. The van der Waals surface area contributed by atoms with E-state index in [0.717, 1.165) is 44.6 Å². The van der Waals surface area contributed by atoms with Gasteiger partial charge in [0.1, 0.15) is 4.90 Å². The van der Waals surface area contributed by atoms with Gasteiger partial charge in [0.2, 0.25) is 0 Å². The zero-order chi connectivity index (χ0) is 22.7. The van der Waals surface area contributed by atoms with Crippen LogP contribution in [0.3, 0.4) is 0 Å². The van der Waals surface area contributed by atoms with Crippen molar-refractivity contribution in [2.45, 2.75) is 31.1 Å². The van der Waals surface area contributed by atoms with Gasteiger partial charge in [0.05, 0.1) is 29.6 Å². The van der Waals surface area contributed by atoms with Gasteiger partial charge in [-0.25, -0.2) is 8.42 Å². The molecule has 0 amide bonds. The largest absolute Gasteiger partial charge is 0.466 e. The Labute approximate surface area is 190 Å². The molecule has 2 aliphatic heterocycles. The maximum atomic E-state index is 13.3. The first-order valence-electron chi connectivity index (χ1n) is 11.3. The number of anilines is 3. The van der Waals surface area contributed by atoms with Crippen LogP contribution in [0.15, 0.2) is 53.4 Å². The first-order chi connectivity index (χ1) is 15.4. The highest BCUT2D eigenvalue weighted by molar-refractivity contribution is 7.93. The van der Waals surface area contributed by atoms with Crippen molar-refractivity contribution in [1.29, 1.82) is 0 Å². The van der Waals surface area contributed by atoms with E-state index in [0.29, 0.717) is 29.4 Å². The van der Waals surface area contributed by atoms with E-state index in [4.69, 9.17) is 4.74 Å². The number of nitrogens with zero attached hydrogens (tertiary/aromatic N) is 3. The van der Waals surface area contributed by atoms with Crippen molar-refractivity contribution in [2.24, 2.45) is 5.92 Å². The van der Waals surface area contributed by atoms with Gasteiger partial charge >= 0.3 is 5.97 Å². The molecule has 0 spiro atoms. The maximum absolute atomic E-state index is 13.3. The predicted octanol–water partition coefficient (Wildman–Crippen LogP) is 3.63. The van der Waals surface area contributed by atoms with Crippen LogP contribution >= 0.6 is 0 Å². The summed E-state index contributed by atoms with van der Waals surface area (Å²) in [5, 5.41) is 0. The van der Waals surface area contributed by atoms with Gasteiger partial charge in [0.15, 0.2) is 0 Å². The summed E-state index contributed by atoms with van der Waals surface area (Å²) in [4.78, 5) is 16.9. The fourth-order valence-corrected chi connectivity index (χ4v) is 6.07. The number of rotatable bonds is 6. The Balaban J connectivity index is 1.54. The lowest BCUT2D eigenvalue weighted by molar-refractivity contribution is -0.149. The number of carbonyl (C=O) groups excluding carboxylic acids is 1. The molecule has 32 heavy (non-hydrogen) atoms. The van der Waals surface area contributed by atoms with E-state index in [1.165, 1.54) is 4.31 Å². The smallest absolute Gasteiger partial charge is 0.310 e. The lowest BCUT2D eigenvalue weighted by Gasteiger charge is -2.32. The Hall–Kier alpha value is -2.58. The van der Waals surface area contributed by atoms with Gasteiger partial charge in [-0.2, -0.15) is 0 Å². The number of likely N-dealkylation sites (tertiary alicyclic amines) is 1. The Morgan fingerprint density at radius 2 is 1.72 bits per heavy atom. The molecule has 0 saturated carbocycles. The van der Waals surface area contributed by atoms with Gasteiger partial charge in [-0.3, -0.25) is 9.10 Å². The van der Waals surface area contributed by atoms with E-state index < -0.39 is 10.0 Å². The first-order valence-corrected chi connectivity index (χ1v) is 12.7. The molecule has 0 bridgehead atoms. The van der Waals surface area contributed by atoms with Crippen molar-refractivity contribution >= 4 is 33.1 Å². The van der Waals surface area contributed by atoms with Crippen molar-refractivity contribution in [1.82, 2.24) is 4.90 Å². The minimum absolute atomic E-state index is 0.0536. The summed E-state index contributed by atoms with van der Waals surface area (Å²) in [5.74, 6) is -0.150. The second-order valence-corrected chi connectivity index (χ2v) is 10.3. The van der Waals surface area contributed by atoms with Crippen LogP contribution in [0.5, 0.6) is 0 Å². The third-order valence-corrected chi connectivity index (χ3v) is 8.11. The summed E-state index contributed by atoms with van der Waals surface area (Å²) in [7, 11) is -2.03. The number of esters is 1. The number of fused-ring (bicyclic) bond motifs is 2. The Bertz CT molecular complexity index is 1070. The fourth-order valence-electron chi connectivity index (χ4n) is 4.67. The van der Waals surface area contributed by atoms with E-state index in [-0.39, 0.29) is 11.9 Å². The number of ether oxygens (including phenoxy) is 1. The van der Waals surface area contributed by atoms with Gasteiger partial charge in [0, 0.05) is 20.1 Å². The summed E-state index contributed by atoms with van der Waals surface area (Å²) in [6.45, 7) is 5.48. The summed E-state index contributed by atoms with van der Waals surface area (Å²) >= 11 is 0. The first kappa shape index (κ1) is 22.6. The van der Waals surface area contributed by atoms with Crippen molar-refractivity contribution in [2.75, 3.05) is 49.0 Å². The molecule has 2 heterocycles. The molecule has 1 saturated heterocycles. The molecule has 0 aromatic heterocycles. The third kappa shape index (κ3) is 4.34. The van der Waals surface area contributed by atoms with Crippen LogP contribution in [-0.4, -0.2) is 59.1 Å². The molecule has 8 heteroatoms. The van der Waals surface area contributed by atoms with Crippen molar-refractivity contribution in [3.05, 3.63) is 48.5 Å². The minimum atomic E-state index is -3.64. The average Bonchev–Trinajstić information content (AvgIpc) is 2.88. The number of piperidine rings is 1. The number of para-hydroxylation sites is 3. The average molecular weight is 458 g/mol.